The molecule has 0 aromatic rings. The lowest BCUT2D eigenvalue weighted by atomic mass is 10.1. The zero-order valence-electron chi connectivity index (χ0n) is 10.4. The fourth-order valence-corrected chi connectivity index (χ4v) is 2.04. The van der Waals surface area contributed by atoms with Crippen LogP contribution >= 0.6 is 0 Å². The van der Waals surface area contributed by atoms with E-state index in [2.05, 4.69) is 4.90 Å². The summed E-state index contributed by atoms with van der Waals surface area (Å²) in [6.45, 7) is 9.41. The predicted molar refractivity (Wildman–Crippen MR) is 60.1 cm³/mol. The Morgan fingerprint density at radius 2 is 2.19 bits per heavy atom. The molecule has 2 rings (SSSR count). The van der Waals surface area contributed by atoms with Crippen LogP contribution in [0.5, 0.6) is 0 Å². The average molecular weight is 227 g/mol. The number of epoxide rings is 1. The van der Waals surface area contributed by atoms with Gasteiger partial charge in [0, 0.05) is 13.1 Å². The van der Waals surface area contributed by atoms with Crippen molar-refractivity contribution in [1.82, 2.24) is 4.90 Å². The number of rotatable bonds is 3. The number of ether oxygens (including phenoxy) is 2. The molecule has 4 nitrogen and oxygen atoms in total. The van der Waals surface area contributed by atoms with Gasteiger partial charge in [-0.15, -0.1) is 0 Å². The molecular formula is C12H21NO3. The second-order valence-electron chi connectivity index (χ2n) is 5.73. The largest absolute Gasteiger partial charge is 0.460 e. The van der Waals surface area contributed by atoms with E-state index in [1.54, 1.807) is 0 Å². The Morgan fingerprint density at radius 1 is 1.50 bits per heavy atom. The van der Waals surface area contributed by atoms with E-state index < -0.39 is 0 Å². The number of carbonyl (C=O) groups is 1. The first-order valence-corrected chi connectivity index (χ1v) is 6.01. The maximum atomic E-state index is 11.8. The number of carbonyl (C=O) groups excluding carboxylic acids is 1. The van der Waals surface area contributed by atoms with E-state index in [0.29, 0.717) is 6.10 Å². The molecule has 16 heavy (non-hydrogen) atoms. The second-order valence-corrected chi connectivity index (χ2v) is 5.73. The van der Waals surface area contributed by atoms with Gasteiger partial charge < -0.3 is 9.47 Å². The molecule has 0 N–H and O–H groups in total. The number of likely N-dealkylation sites (tertiary alicyclic amines) is 1. The molecule has 2 heterocycles. The molecule has 0 saturated carbocycles. The molecule has 0 aromatic heterocycles. The van der Waals surface area contributed by atoms with Crippen LogP contribution in [0.25, 0.3) is 0 Å². The van der Waals surface area contributed by atoms with Crippen LogP contribution in [0.4, 0.5) is 0 Å². The average Bonchev–Trinajstić information content (AvgIpc) is 2.78. The first kappa shape index (κ1) is 11.9. The summed E-state index contributed by atoms with van der Waals surface area (Å²) in [7, 11) is 0. The van der Waals surface area contributed by atoms with Gasteiger partial charge in [-0.25, -0.2) is 0 Å². The van der Waals surface area contributed by atoms with Crippen molar-refractivity contribution in [2.45, 2.75) is 38.9 Å². The molecule has 0 amide bonds. The normalized spacial score (nSPS) is 30.4. The van der Waals surface area contributed by atoms with Crippen LogP contribution in [0.3, 0.4) is 0 Å². The highest BCUT2D eigenvalue weighted by Gasteiger charge is 2.34. The van der Waals surface area contributed by atoms with Gasteiger partial charge in [-0.3, -0.25) is 9.69 Å². The van der Waals surface area contributed by atoms with Crippen LogP contribution in [0, 0.1) is 5.92 Å². The zero-order chi connectivity index (χ0) is 11.8. The summed E-state index contributed by atoms with van der Waals surface area (Å²) in [5.41, 5.74) is -0.371. The van der Waals surface area contributed by atoms with E-state index in [9.17, 15) is 4.79 Å². The van der Waals surface area contributed by atoms with Crippen molar-refractivity contribution in [3.63, 3.8) is 0 Å². The maximum absolute atomic E-state index is 11.8. The van der Waals surface area contributed by atoms with Crippen LogP contribution in [-0.4, -0.2) is 48.8 Å². The molecule has 2 fully saturated rings. The van der Waals surface area contributed by atoms with E-state index in [-0.39, 0.29) is 17.5 Å². The Hall–Kier alpha value is -0.610. The predicted octanol–water partition coefficient (Wildman–Crippen LogP) is 1.05. The lowest BCUT2D eigenvalue weighted by molar-refractivity contribution is -0.159. The van der Waals surface area contributed by atoms with Gasteiger partial charge in [0.2, 0.25) is 0 Å². The Bertz CT molecular complexity index is 268. The summed E-state index contributed by atoms with van der Waals surface area (Å²) in [5.74, 6) is 0.00434. The molecule has 2 saturated heterocycles. The number of esters is 1. The molecule has 2 aliphatic heterocycles. The molecule has 0 aromatic carbocycles. The first-order valence-electron chi connectivity index (χ1n) is 6.01. The number of hydrogen-bond donors (Lipinski definition) is 0. The van der Waals surface area contributed by atoms with Gasteiger partial charge in [0.25, 0.3) is 0 Å². The van der Waals surface area contributed by atoms with Crippen molar-refractivity contribution in [1.29, 1.82) is 0 Å². The van der Waals surface area contributed by atoms with Crippen molar-refractivity contribution in [2.75, 3.05) is 26.2 Å². The molecule has 4 heteroatoms. The third kappa shape index (κ3) is 3.46. The summed E-state index contributed by atoms with van der Waals surface area (Å²) in [4.78, 5) is 14.1. The molecule has 92 valence electrons. The van der Waals surface area contributed by atoms with Crippen LogP contribution in [0.1, 0.15) is 27.2 Å². The van der Waals surface area contributed by atoms with Crippen LogP contribution < -0.4 is 0 Å². The highest BCUT2D eigenvalue weighted by Crippen LogP contribution is 2.22. The Morgan fingerprint density at radius 3 is 2.75 bits per heavy atom. The third-order valence-corrected chi connectivity index (χ3v) is 2.88. The van der Waals surface area contributed by atoms with E-state index in [1.165, 1.54) is 0 Å². The molecule has 0 aliphatic carbocycles. The van der Waals surface area contributed by atoms with Gasteiger partial charge in [0.15, 0.2) is 0 Å². The van der Waals surface area contributed by atoms with Crippen molar-refractivity contribution in [2.24, 2.45) is 5.92 Å². The molecule has 2 aliphatic rings. The zero-order valence-corrected chi connectivity index (χ0v) is 10.4. The minimum atomic E-state index is -0.371. The highest BCUT2D eigenvalue weighted by molar-refractivity contribution is 5.73. The van der Waals surface area contributed by atoms with Gasteiger partial charge in [-0.1, -0.05) is 0 Å². The van der Waals surface area contributed by atoms with E-state index in [1.807, 2.05) is 20.8 Å². The quantitative estimate of drug-likeness (QED) is 0.534. The lowest BCUT2D eigenvalue weighted by Gasteiger charge is -2.22. The van der Waals surface area contributed by atoms with Crippen molar-refractivity contribution >= 4 is 5.97 Å². The Kier molecular flexibility index (Phi) is 3.22. The summed E-state index contributed by atoms with van der Waals surface area (Å²) < 4.78 is 10.6. The third-order valence-electron chi connectivity index (χ3n) is 2.88. The molecule has 0 radical (unpaired) electrons. The van der Waals surface area contributed by atoms with Gasteiger partial charge in [0.05, 0.1) is 18.6 Å². The topological polar surface area (TPSA) is 42.1 Å². The number of hydrogen-bond acceptors (Lipinski definition) is 4. The maximum Gasteiger partial charge on any atom is 0.310 e. The van der Waals surface area contributed by atoms with E-state index in [0.717, 1.165) is 32.7 Å². The number of nitrogens with zero attached hydrogens (tertiary/aromatic N) is 1. The Labute approximate surface area is 96.9 Å². The minimum absolute atomic E-state index is 0.0493. The first-order chi connectivity index (χ1) is 7.44. The van der Waals surface area contributed by atoms with Crippen LogP contribution in [0.15, 0.2) is 0 Å². The Balaban J connectivity index is 1.76. The monoisotopic (exact) mass is 227 g/mol. The fraction of sp³-hybridized carbons (Fsp3) is 0.917. The molecule has 0 bridgehead atoms. The van der Waals surface area contributed by atoms with Gasteiger partial charge >= 0.3 is 5.97 Å². The van der Waals surface area contributed by atoms with Crippen molar-refractivity contribution < 1.29 is 14.3 Å². The molecule has 0 spiro atoms. The van der Waals surface area contributed by atoms with Crippen LogP contribution in [0.2, 0.25) is 0 Å². The summed E-state index contributed by atoms with van der Waals surface area (Å²) >= 11 is 0. The summed E-state index contributed by atoms with van der Waals surface area (Å²) in [6, 6.07) is 0. The molecule has 2 atom stereocenters. The minimum Gasteiger partial charge on any atom is -0.460 e. The van der Waals surface area contributed by atoms with Gasteiger partial charge in [0.1, 0.15) is 5.60 Å². The van der Waals surface area contributed by atoms with Crippen LogP contribution in [-0.2, 0) is 14.3 Å². The second kappa shape index (κ2) is 4.34. The summed E-state index contributed by atoms with van der Waals surface area (Å²) in [6.07, 6.45) is 1.33. The highest BCUT2D eigenvalue weighted by atomic mass is 16.6. The van der Waals surface area contributed by atoms with Crippen molar-refractivity contribution in [3.8, 4) is 0 Å². The van der Waals surface area contributed by atoms with E-state index in [4.69, 9.17) is 9.47 Å². The van der Waals surface area contributed by atoms with Gasteiger partial charge in [-0.05, 0) is 33.7 Å². The molecular weight excluding hydrogens is 206 g/mol. The van der Waals surface area contributed by atoms with Gasteiger partial charge in [-0.2, -0.15) is 0 Å². The molecule has 0 unspecified atom stereocenters. The lowest BCUT2D eigenvalue weighted by Crippen LogP contribution is -2.31. The fourth-order valence-electron chi connectivity index (χ4n) is 2.04. The SMILES string of the molecule is CC(C)(C)OC(=O)[C@@H]1CCN(C[C@H]2CO2)C1. The van der Waals surface area contributed by atoms with Crippen molar-refractivity contribution in [3.05, 3.63) is 0 Å². The smallest absolute Gasteiger partial charge is 0.310 e. The standard InChI is InChI=1S/C12H21NO3/c1-12(2,3)16-11(14)9-4-5-13(6-9)7-10-8-15-10/h9-10H,4-8H2,1-3H3/t9-,10+/m1/s1. The summed E-state index contributed by atoms with van der Waals surface area (Å²) in [5, 5.41) is 0. The van der Waals surface area contributed by atoms with E-state index >= 15 is 0 Å².